The van der Waals surface area contributed by atoms with Gasteiger partial charge in [-0.05, 0) is 24.3 Å². The lowest BCUT2D eigenvalue weighted by Crippen LogP contribution is -2.24. The molecule has 1 heterocycles. The minimum atomic E-state index is -3.89. The Bertz CT molecular complexity index is 700. The van der Waals surface area contributed by atoms with Crippen molar-refractivity contribution in [1.82, 2.24) is 14.5 Å². The molecular weight excluding hydrogens is 337 g/mol. The van der Waals surface area contributed by atoms with Crippen LogP contribution in [0, 0.1) is 5.82 Å². The van der Waals surface area contributed by atoms with E-state index in [0.29, 0.717) is 10.2 Å². The molecule has 0 bridgehead atoms. The lowest BCUT2D eigenvalue weighted by Gasteiger charge is -2.06. The monoisotopic (exact) mass is 347 g/mol. The first-order valence-electron chi connectivity index (χ1n) is 5.32. The van der Waals surface area contributed by atoms with Crippen molar-refractivity contribution in [3.8, 4) is 0 Å². The standard InChI is InChI=1S/C11H11BrFN3O2S/c1-16-5-4-9(15-16)7-14-19(17,18)11-3-2-8(12)6-10(11)13/h2-6,14H,7H2,1H3. The van der Waals surface area contributed by atoms with Gasteiger partial charge in [0.15, 0.2) is 0 Å². The van der Waals surface area contributed by atoms with Crippen LogP contribution in [0.3, 0.4) is 0 Å². The van der Waals surface area contributed by atoms with Crippen LogP contribution in [0.1, 0.15) is 5.69 Å². The number of rotatable bonds is 4. The van der Waals surface area contributed by atoms with Gasteiger partial charge in [0, 0.05) is 17.7 Å². The van der Waals surface area contributed by atoms with Gasteiger partial charge in [-0.3, -0.25) is 4.68 Å². The molecule has 0 aliphatic rings. The van der Waals surface area contributed by atoms with Crippen LogP contribution in [-0.4, -0.2) is 18.2 Å². The zero-order valence-electron chi connectivity index (χ0n) is 9.97. The molecule has 1 N–H and O–H groups in total. The fraction of sp³-hybridized carbons (Fsp3) is 0.182. The smallest absolute Gasteiger partial charge is 0.243 e. The molecule has 0 atom stereocenters. The Kier molecular flexibility index (Phi) is 4.02. The number of sulfonamides is 1. The van der Waals surface area contributed by atoms with Gasteiger partial charge in [0.05, 0.1) is 12.2 Å². The second-order valence-electron chi connectivity index (χ2n) is 3.88. The second-order valence-corrected chi connectivity index (χ2v) is 6.53. The number of hydrogen-bond donors (Lipinski definition) is 1. The Morgan fingerprint density at radius 3 is 2.74 bits per heavy atom. The van der Waals surface area contributed by atoms with E-state index >= 15 is 0 Å². The highest BCUT2D eigenvalue weighted by Crippen LogP contribution is 2.19. The molecule has 2 rings (SSSR count). The van der Waals surface area contributed by atoms with Crippen molar-refractivity contribution in [3.05, 3.63) is 46.4 Å². The minimum Gasteiger partial charge on any atom is -0.276 e. The van der Waals surface area contributed by atoms with Crippen LogP contribution in [0.15, 0.2) is 39.8 Å². The number of nitrogens with zero attached hydrogens (tertiary/aromatic N) is 2. The Labute approximate surface area is 118 Å². The first kappa shape index (κ1) is 14.2. The van der Waals surface area contributed by atoms with Gasteiger partial charge in [0.25, 0.3) is 0 Å². The van der Waals surface area contributed by atoms with Crippen LogP contribution in [0.5, 0.6) is 0 Å². The van der Waals surface area contributed by atoms with E-state index in [4.69, 9.17) is 0 Å². The van der Waals surface area contributed by atoms with Crippen molar-refractivity contribution in [2.75, 3.05) is 0 Å². The van der Waals surface area contributed by atoms with E-state index in [9.17, 15) is 12.8 Å². The molecule has 0 aliphatic heterocycles. The summed E-state index contributed by atoms with van der Waals surface area (Å²) in [5.74, 6) is -0.803. The largest absolute Gasteiger partial charge is 0.276 e. The first-order chi connectivity index (χ1) is 8.88. The van der Waals surface area contributed by atoms with Crippen LogP contribution in [0.4, 0.5) is 4.39 Å². The van der Waals surface area contributed by atoms with E-state index in [1.807, 2.05) is 0 Å². The number of hydrogen-bond acceptors (Lipinski definition) is 3. The van der Waals surface area contributed by atoms with E-state index < -0.39 is 15.8 Å². The maximum atomic E-state index is 13.6. The Balaban J connectivity index is 2.18. The van der Waals surface area contributed by atoms with Crippen LogP contribution >= 0.6 is 15.9 Å². The van der Waals surface area contributed by atoms with Crippen molar-refractivity contribution >= 4 is 26.0 Å². The summed E-state index contributed by atoms with van der Waals surface area (Å²) in [6.07, 6.45) is 1.70. The average molecular weight is 348 g/mol. The number of aromatic nitrogens is 2. The minimum absolute atomic E-state index is 0.0126. The molecule has 0 aliphatic carbocycles. The summed E-state index contributed by atoms with van der Waals surface area (Å²) in [4.78, 5) is -0.383. The zero-order valence-corrected chi connectivity index (χ0v) is 12.4. The van der Waals surface area contributed by atoms with E-state index in [-0.39, 0.29) is 11.4 Å². The fourth-order valence-electron chi connectivity index (χ4n) is 1.50. The summed E-state index contributed by atoms with van der Waals surface area (Å²) in [6, 6.07) is 5.47. The molecule has 5 nitrogen and oxygen atoms in total. The summed E-state index contributed by atoms with van der Waals surface area (Å²) in [5.41, 5.74) is 0.559. The molecule has 0 spiro atoms. The van der Waals surface area contributed by atoms with E-state index in [2.05, 4.69) is 25.8 Å². The third-order valence-electron chi connectivity index (χ3n) is 2.40. The van der Waals surface area contributed by atoms with Gasteiger partial charge in [0.1, 0.15) is 10.7 Å². The molecule has 0 amide bonds. The summed E-state index contributed by atoms with van der Waals surface area (Å²) < 4.78 is 41.8. The van der Waals surface area contributed by atoms with Crippen molar-refractivity contribution in [1.29, 1.82) is 0 Å². The number of nitrogens with one attached hydrogen (secondary N) is 1. The molecule has 102 valence electrons. The van der Waals surface area contributed by atoms with Gasteiger partial charge in [-0.15, -0.1) is 0 Å². The van der Waals surface area contributed by atoms with Crippen molar-refractivity contribution < 1.29 is 12.8 Å². The van der Waals surface area contributed by atoms with Crippen LogP contribution in [0.25, 0.3) is 0 Å². The molecule has 8 heteroatoms. The predicted octanol–water partition coefficient (Wildman–Crippen LogP) is 1.80. The SMILES string of the molecule is Cn1ccc(CNS(=O)(=O)c2ccc(Br)cc2F)n1. The Morgan fingerprint density at radius 2 is 2.16 bits per heavy atom. The summed E-state index contributed by atoms with van der Waals surface area (Å²) >= 11 is 3.07. The van der Waals surface area contributed by atoms with E-state index in [1.165, 1.54) is 12.1 Å². The highest BCUT2D eigenvalue weighted by Gasteiger charge is 2.19. The number of aryl methyl sites for hydroxylation is 1. The molecule has 1 aromatic carbocycles. The van der Waals surface area contributed by atoms with Gasteiger partial charge in [0.2, 0.25) is 10.0 Å². The number of halogens is 2. The summed E-state index contributed by atoms with van der Waals surface area (Å²) in [5, 5.41) is 4.03. The van der Waals surface area contributed by atoms with Gasteiger partial charge >= 0.3 is 0 Å². The van der Waals surface area contributed by atoms with Crippen molar-refractivity contribution in [2.24, 2.45) is 7.05 Å². The highest BCUT2D eigenvalue weighted by atomic mass is 79.9. The molecule has 0 saturated heterocycles. The molecule has 0 fully saturated rings. The molecular formula is C11H11BrFN3O2S. The average Bonchev–Trinajstić information content (AvgIpc) is 2.72. The number of benzene rings is 1. The fourth-order valence-corrected chi connectivity index (χ4v) is 2.89. The zero-order chi connectivity index (χ0) is 14.0. The highest BCUT2D eigenvalue weighted by molar-refractivity contribution is 9.10. The third kappa shape index (κ3) is 3.40. The predicted molar refractivity (Wildman–Crippen MR) is 71.3 cm³/mol. The van der Waals surface area contributed by atoms with Crippen molar-refractivity contribution in [3.63, 3.8) is 0 Å². The topological polar surface area (TPSA) is 64.0 Å². The van der Waals surface area contributed by atoms with Gasteiger partial charge in [-0.2, -0.15) is 5.10 Å². The van der Waals surface area contributed by atoms with Gasteiger partial charge < -0.3 is 0 Å². The summed E-state index contributed by atoms with van der Waals surface area (Å²) in [6.45, 7) is 0.0126. The first-order valence-corrected chi connectivity index (χ1v) is 7.59. The lowest BCUT2D eigenvalue weighted by molar-refractivity contribution is 0.555. The maximum absolute atomic E-state index is 13.6. The van der Waals surface area contributed by atoms with Gasteiger partial charge in [-0.1, -0.05) is 15.9 Å². The third-order valence-corrected chi connectivity index (χ3v) is 4.32. The molecule has 0 saturated carbocycles. The molecule has 19 heavy (non-hydrogen) atoms. The van der Waals surface area contributed by atoms with E-state index in [1.54, 1.807) is 24.0 Å². The van der Waals surface area contributed by atoms with Crippen LogP contribution in [0.2, 0.25) is 0 Å². The van der Waals surface area contributed by atoms with E-state index in [0.717, 1.165) is 6.07 Å². The quantitative estimate of drug-likeness (QED) is 0.917. The van der Waals surface area contributed by atoms with Crippen LogP contribution < -0.4 is 4.72 Å². The molecule has 0 unspecified atom stereocenters. The van der Waals surface area contributed by atoms with Gasteiger partial charge in [-0.25, -0.2) is 17.5 Å². The normalized spacial score (nSPS) is 11.7. The second kappa shape index (κ2) is 5.40. The molecule has 1 aromatic heterocycles. The molecule has 2 aromatic rings. The maximum Gasteiger partial charge on any atom is 0.243 e. The lowest BCUT2D eigenvalue weighted by atomic mass is 10.3. The Hall–Kier alpha value is -1.25. The van der Waals surface area contributed by atoms with Crippen molar-refractivity contribution in [2.45, 2.75) is 11.4 Å². The molecule has 0 radical (unpaired) electrons. The summed E-state index contributed by atoms with van der Waals surface area (Å²) in [7, 11) is -2.16. The van der Waals surface area contributed by atoms with Crippen LogP contribution in [-0.2, 0) is 23.6 Å². The Morgan fingerprint density at radius 1 is 1.42 bits per heavy atom.